The van der Waals surface area contributed by atoms with Gasteiger partial charge in [0.2, 0.25) is 0 Å². The van der Waals surface area contributed by atoms with E-state index in [1.165, 1.54) is 5.56 Å². The molecule has 7 heteroatoms. The zero-order valence-corrected chi connectivity index (χ0v) is 20.2. The van der Waals surface area contributed by atoms with Crippen LogP contribution >= 0.6 is 24.0 Å². The Hall–Kier alpha value is -1.58. The largest absolute Gasteiger partial charge is 0.469 e. The molecule has 1 aliphatic heterocycles. The molecule has 0 radical (unpaired) electrons. The first-order valence-electron chi connectivity index (χ1n) is 10.7. The number of benzene rings is 1. The number of methoxy groups -OCH3 is 1. The summed E-state index contributed by atoms with van der Waals surface area (Å²) in [7, 11) is 1.73. The third-order valence-electron chi connectivity index (χ3n) is 5.20. The zero-order chi connectivity index (χ0) is 20.2. The van der Waals surface area contributed by atoms with Crippen molar-refractivity contribution in [2.75, 3.05) is 39.9 Å². The summed E-state index contributed by atoms with van der Waals surface area (Å²) < 4.78 is 10.6. The number of nitrogens with zero attached hydrogens (tertiary/aromatic N) is 2. The summed E-state index contributed by atoms with van der Waals surface area (Å²) in [6.45, 7) is 5.55. The number of ether oxygens (including phenoxy) is 1. The molecule has 0 unspecified atom stereocenters. The fraction of sp³-hybridized carbons (Fsp3) is 0.522. The maximum atomic E-state index is 5.42. The highest BCUT2D eigenvalue weighted by Crippen LogP contribution is 2.13. The number of likely N-dealkylation sites (tertiary alicyclic amines) is 1. The maximum Gasteiger partial charge on any atom is 0.191 e. The van der Waals surface area contributed by atoms with Crippen molar-refractivity contribution in [3.8, 4) is 0 Å². The molecular formula is C23H35IN4O2. The third kappa shape index (κ3) is 9.06. The minimum Gasteiger partial charge on any atom is -0.469 e. The van der Waals surface area contributed by atoms with E-state index >= 15 is 0 Å². The second-order valence-corrected chi connectivity index (χ2v) is 7.51. The molecule has 0 bridgehead atoms. The van der Waals surface area contributed by atoms with Crippen molar-refractivity contribution >= 4 is 29.9 Å². The number of aliphatic imine (C=N–C) groups is 1. The summed E-state index contributed by atoms with van der Waals surface area (Å²) in [6.07, 6.45) is 5.75. The van der Waals surface area contributed by atoms with Gasteiger partial charge in [-0.2, -0.15) is 0 Å². The van der Waals surface area contributed by atoms with Crippen LogP contribution in [0.5, 0.6) is 0 Å². The molecule has 0 amide bonds. The van der Waals surface area contributed by atoms with Gasteiger partial charge in [0.25, 0.3) is 0 Å². The molecule has 1 aliphatic rings. The van der Waals surface area contributed by atoms with Crippen molar-refractivity contribution in [1.82, 2.24) is 15.5 Å². The van der Waals surface area contributed by atoms with Crippen LogP contribution in [0.3, 0.4) is 0 Å². The lowest BCUT2D eigenvalue weighted by atomic mass is 10.0. The molecule has 1 saturated heterocycles. The number of furan rings is 1. The Morgan fingerprint density at radius 3 is 2.67 bits per heavy atom. The Morgan fingerprint density at radius 1 is 1.17 bits per heavy atom. The predicted octanol–water partition coefficient (Wildman–Crippen LogP) is 3.68. The molecule has 166 valence electrons. The Labute approximate surface area is 197 Å². The van der Waals surface area contributed by atoms with Crippen LogP contribution in [0.1, 0.15) is 30.6 Å². The summed E-state index contributed by atoms with van der Waals surface area (Å²) in [5.41, 5.74) is 1.39. The highest BCUT2D eigenvalue weighted by Gasteiger charge is 2.20. The Morgan fingerprint density at radius 2 is 1.97 bits per heavy atom. The number of rotatable bonds is 10. The van der Waals surface area contributed by atoms with Crippen molar-refractivity contribution < 1.29 is 9.15 Å². The number of hydrogen-bond acceptors (Lipinski definition) is 4. The molecule has 1 aromatic carbocycles. The Balaban J connectivity index is 0.00000320. The molecule has 0 saturated carbocycles. The summed E-state index contributed by atoms with van der Waals surface area (Å²) in [5.74, 6) is 1.89. The summed E-state index contributed by atoms with van der Waals surface area (Å²) >= 11 is 0. The van der Waals surface area contributed by atoms with Crippen LogP contribution in [0.4, 0.5) is 0 Å². The lowest BCUT2D eigenvalue weighted by molar-refractivity contribution is 0.196. The van der Waals surface area contributed by atoms with Crippen molar-refractivity contribution in [3.63, 3.8) is 0 Å². The van der Waals surface area contributed by atoms with Crippen LogP contribution < -0.4 is 10.6 Å². The fourth-order valence-electron chi connectivity index (χ4n) is 3.58. The van der Waals surface area contributed by atoms with Crippen LogP contribution in [0.15, 0.2) is 58.1 Å². The SMILES string of the molecule is COCCCN=C(NCCc1ccco1)NC1CCN(Cc2ccccc2)CC1.I. The van der Waals surface area contributed by atoms with Gasteiger partial charge in [-0.25, -0.2) is 0 Å². The topological polar surface area (TPSA) is 62.0 Å². The van der Waals surface area contributed by atoms with E-state index in [0.717, 1.165) is 76.7 Å². The minimum absolute atomic E-state index is 0. The van der Waals surface area contributed by atoms with E-state index in [1.54, 1.807) is 13.4 Å². The van der Waals surface area contributed by atoms with Gasteiger partial charge >= 0.3 is 0 Å². The smallest absolute Gasteiger partial charge is 0.191 e. The van der Waals surface area contributed by atoms with Crippen molar-refractivity contribution in [2.24, 2.45) is 4.99 Å². The lowest BCUT2D eigenvalue weighted by Crippen LogP contribution is -2.49. The molecule has 0 spiro atoms. The average molecular weight is 526 g/mol. The van der Waals surface area contributed by atoms with E-state index < -0.39 is 0 Å². The second-order valence-electron chi connectivity index (χ2n) is 7.51. The number of nitrogens with one attached hydrogen (secondary N) is 2. The van der Waals surface area contributed by atoms with Gasteiger partial charge in [0.1, 0.15) is 5.76 Å². The highest BCUT2D eigenvalue weighted by atomic mass is 127. The van der Waals surface area contributed by atoms with Gasteiger partial charge in [0.05, 0.1) is 6.26 Å². The van der Waals surface area contributed by atoms with Gasteiger partial charge in [-0.3, -0.25) is 9.89 Å². The lowest BCUT2D eigenvalue weighted by Gasteiger charge is -2.33. The van der Waals surface area contributed by atoms with Crippen LogP contribution in [0.2, 0.25) is 0 Å². The van der Waals surface area contributed by atoms with E-state index in [0.29, 0.717) is 6.04 Å². The quantitative estimate of drug-likeness (QED) is 0.214. The van der Waals surface area contributed by atoms with Crippen molar-refractivity contribution in [3.05, 3.63) is 60.1 Å². The van der Waals surface area contributed by atoms with Crippen molar-refractivity contribution in [2.45, 2.75) is 38.3 Å². The van der Waals surface area contributed by atoms with E-state index in [1.807, 2.05) is 12.1 Å². The first-order valence-corrected chi connectivity index (χ1v) is 10.7. The van der Waals surface area contributed by atoms with Crippen LogP contribution in [0.25, 0.3) is 0 Å². The Kier molecular flexibility index (Phi) is 11.9. The number of halogens is 1. The van der Waals surface area contributed by atoms with Crippen molar-refractivity contribution in [1.29, 1.82) is 0 Å². The third-order valence-corrected chi connectivity index (χ3v) is 5.20. The molecule has 30 heavy (non-hydrogen) atoms. The average Bonchev–Trinajstić information content (AvgIpc) is 3.27. The van der Waals surface area contributed by atoms with Gasteiger partial charge in [-0.05, 0) is 37.0 Å². The minimum atomic E-state index is 0. The summed E-state index contributed by atoms with van der Waals surface area (Å²) in [4.78, 5) is 7.27. The zero-order valence-electron chi connectivity index (χ0n) is 17.9. The van der Waals surface area contributed by atoms with Gasteiger partial charge in [-0.1, -0.05) is 30.3 Å². The molecular weight excluding hydrogens is 491 g/mol. The van der Waals surface area contributed by atoms with Gasteiger partial charge in [0.15, 0.2) is 5.96 Å². The Bertz CT molecular complexity index is 701. The number of piperidine rings is 1. The maximum absolute atomic E-state index is 5.42. The van der Waals surface area contributed by atoms with Gasteiger partial charge in [-0.15, -0.1) is 24.0 Å². The molecule has 1 fully saturated rings. The summed E-state index contributed by atoms with van der Waals surface area (Å²) in [5, 5.41) is 7.10. The molecule has 2 heterocycles. The second kappa shape index (κ2) is 14.4. The molecule has 1 aromatic heterocycles. The number of guanidine groups is 1. The highest BCUT2D eigenvalue weighted by molar-refractivity contribution is 14.0. The van der Waals surface area contributed by atoms with Crippen LogP contribution in [0, 0.1) is 0 Å². The van der Waals surface area contributed by atoms with E-state index in [9.17, 15) is 0 Å². The summed E-state index contributed by atoms with van der Waals surface area (Å²) in [6, 6.07) is 15.1. The molecule has 2 N–H and O–H groups in total. The molecule has 2 aromatic rings. The van der Waals surface area contributed by atoms with Gasteiger partial charge < -0.3 is 19.8 Å². The standard InChI is InChI=1S/C23H34N4O2.HI/c1-28-17-6-13-24-23(25-14-10-22-9-5-18-29-22)26-21-11-15-27(16-12-21)19-20-7-3-2-4-8-20;/h2-5,7-9,18,21H,6,10-17,19H2,1H3,(H2,24,25,26);1H. The normalized spacial score (nSPS) is 15.6. The monoisotopic (exact) mass is 526 g/mol. The van der Waals surface area contributed by atoms with E-state index in [-0.39, 0.29) is 24.0 Å². The molecule has 0 atom stereocenters. The van der Waals surface area contributed by atoms with Crippen LogP contribution in [-0.4, -0.2) is 56.8 Å². The predicted molar refractivity (Wildman–Crippen MR) is 133 cm³/mol. The first kappa shape index (κ1) is 24.7. The van der Waals surface area contributed by atoms with E-state index in [4.69, 9.17) is 14.1 Å². The van der Waals surface area contributed by atoms with Gasteiger partial charge in [0, 0.05) is 58.9 Å². The molecule has 6 nitrogen and oxygen atoms in total. The number of hydrogen-bond donors (Lipinski definition) is 2. The first-order chi connectivity index (χ1) is 14.3. The van der Waals surface area contributed by atoms with E-state index in [2.05, 4.69) is 45.9 Å². The van der Waals surface area contributed by atoms with Crippen LogP contribution in [-0.2, 0) is 17.7 Å². The molecule has 0 aliphatic carbocycles. The molecule has 3 rings (SSSR count). The fourth-order valence-corrected chi connectivity index (χ4v) is 3.58.